The molecule has 0 nitrogen and oxygen atoms in total. The fraction of sp³-hybridized carbons (Fsp3) is 0.647. The molecule has 0 aliphatic heterocycles. The van der Waals surface area contributed by atoms with Gasteiger partial charge in [0.25, 0.3) is 0 Å². The molecule has 0 unspecified atom stereocenters. The minimum atomic E-state index is 1.13. The first-order chi connectivity index (χ1) is 8.27. The summed E-state index contributed by atoms with van der Waals surface area (Å²) < 4.78 is 0. The summed E-state index contributed by atoms with van der Waals surface area (Å²) in [7, 11) is 0. The van der Waals surface area contributed by atoms with Gasteiger partial charge in [-0.2, -0.15) is 0 Å². The zero-order valence-electron chi connectivity index (χ0n) is 11.9. The van der Waals surface area contributed by atoms with E-state index in [9.17, 15) is 0 Å². The zero-order chi connectivity index (χ0) is 12.5. The van der Waals surface area contributed by atoms with Gasteiger partial charge in [-0.25, -0.2) is 0 Å². The van der Waals surface area contributed by atoms with Crippen molar-refractivity contribution in [1.29, 1.82) is 0 Å². The molecule has 0 heteroatoms. The van der Waals surface area contributed by atoms with Gasteiger partial charge in [-0.1, -0.05) is 50.5 Å². The van der Waals surface area contributed by atoms with E-state index in [1.807, 2.05) is 0 Å². The van der Waals surface area contributed by atoms with Crippen molar-refractivity contribution in [2.75, 3.05) is 0 Å². The quantitative estimate of drug-likeness (QED) is 0.496. The molecule has 0 radical (unpaired) electrons. The van der Waals surface area contributed by atoms with Gasteiger partial charge in [-0.3, -0.25) is 0 Å². The molecule has 1 rings (SSSR count). The second kappa shape index (κ2) is 8.33. The largest absolute Gasteiger partial charge is 0.0815 e. The van der Waals surface area contributed by atoms with Crippen LogP contribution >= 0.6 is 0 Å². The van der Waals surface area contributed by atoms with Crippen molar-refractivity contribution in [2.45, 2.75) is 72.1 Å². The van der Waals surface area contributed by atoms with Crippen LogP contribution in [0.25, 0.3) is 0 Å². The lowest BCUT2D eigenvalue weighted by molar-refractivity contribution is 0.747. The maximum absolute atomic E-state index is 2.47. The van der Waals surface area contributed by atoms with Gasteiger partial charge in [-0.15, -0.1) is 0 Å². The van der Waals surface area contributed by atoms with E-state index in [0.717, 1.165) is 12.8 Å². The van der Waals surface area contributed by atoms with Crippen LogP contribution in [0.3, 0.4) is 0 Å². The molecule has 0 bridgehead atoms. The molecule has 0 amide bonds. The predicted octanol–water partition coefficient (Wildman–Crippen LogP) is 5.96. The van der Waals surface area contributed by atoms with Crippen LogP contribution in [0.2, 0.25) is 0 Å². The Bertz CT molecular complexity index is 302. The van der Waals surface area contributed by atoms with Crippen LogP contribution < -0.4 is 0 Å². The summed E-state index contributed by atoms with van der Waals surface area (Å²) >= 11 is 0. The lowest BCUT2D eigenvalue weighted by atomic mass is 9.91. The third kappa shape index (κ3) is 5.39. The van der Waals surface area contributed by atoms with Gasteiger partial charge in [0.2, 0.25) is 0 Å². The van der Waals surface area contributed by atoms with Crippen LogP contribution in [0.4, 0.5) is 0 Å². The highest BCUT2D eigenvalue weighted by Gasteiger charge is 2.06. The minimum absolute atomic E-state index is 1.13. The van der Waals surface area contributed by atoms with Crippen LogP contribution in [-0.4, -0.2) is 0 Å². The van der Waals surface area contributed by atoms with Crippen molar-refractivity contribution in [3.05, 3.63) is 34.9 Å². The average molecular weight is 232 g/mol. The lowest BCUT2D eigenvalue weighted by Gasteiger charge is -2.14. The summed E-state index contributed by atoms with van der Waals surface area (Å²) in [6.45, 7) is 6.81. The van der Waals surface area contributed by atoms with Gasteiger partial charge in [0.05, 0.1) is 0 Å². The highest BCUT2D eigenvalue weighted by atomic mass is 14.1. The molecule has 0 fully saturated rings. The van der Waals surface area contributed by atoms with E-state index in [1.54, 1.807) is 11.1 Å². The van der Waals surface area contributed by atoms with E-state index in [1.165, 1.54) is 44.1 Å². The Kier molecular flexibility index (Phi) is 7.00. The smallest absolute Gasteiger partial charge is 0.0136 e. The summed E-state index contributed by atoms with van der Waals surface area (Å²) in [5.41, 5.74) is 4.78. The maximum atomic E-state index is 2.47. The third-order valence-corrected chi connectivity index (χ3v) is 3.51. The number of hydrogen-bond donors (Lipinski definition) is 0. The fourth-order valence-electron chi connectivity index (χ4n) is 2.29. The first kappa shape index (κ1) is 14.3. The average Bonchev–Trinajstić information content (AvgIpc) is 2.32. The Labute approximate surface area is 108 Å². The summed E-state index contributed by atoms with van der Waals surface area (Å²) in [6, 6.07) is 0. The fourth-order valence-corrected chi connectivity index (χ4v) is 2.29. The summed E-state index contributed by atoms with van der Waals surface area (Å²) in [5, 5.41) is 0. The van der Waals surface area contributed by atoms with Gasteiger partial charge in [0.15, 0.2) is 0 Å². The molecule has 17 heavy (non-hydrogen) atoms. The molecule has 0 heterocycles. The molecule has 1 aliphatic rings. The number of allylic oxidation sites excluding steroid dienone is 6. The Hall–Kier alpha value is -0.780. The molecule has 0 aromatic carbocycles. The van der Waals surface area contributed by atoms with Crippen LogP contribution in [0, 0.1) is 0 Å². The first-order valence-electron chi connectivity index (χ1n) is 7.32. The van der Waals surface area contributed by atoms with Crippen molar-refractivity contribution < 1.29 is 0 Å². The minimum Gasteiger partial charge on any atom is -0.0815 e. The zero-order valence-corrected chi connectivity index (χ0v) is 11.9. The van der Waals surface area contributed by atoms with Crippen molar-refractivity contribution in [2.24, 2.45) is 0 Å². The van der Waals surface area contributed by atoms with Crippen LogP contribution in [-0.2, 0) is 0 Å². The monoisotopic (exact) mass is 232 g/mol. The molecule has 96 valence electrons. The first-order valence-corrected chi connectivity index (χ1v) is 7.32. The van der Waals surface area contributed by atoms with Gasteiger partial charge < -0.3 is 0 Å². The molecule has 0 N–H and O–H groups in total. The van der Waals surface area contributed by atoms with E-state index in [0.29, 0.717) is 0 Å². The van der Waals surface area contributed by atoms with Crippen LogP contribution in [0.1, 0.15) is 72.1 Å². The van der Waals surface area contributed by atoms with Crippen molar-refractivity contribution in [1.82, 2.24) is 0 Å². The van der Waals surface area contributed by atoms with Crippen molar-refractivity contribution in [3.63, 3.8) is 0 Å². The van der Waals surface area contributed by atoms with Gasteiger partial charge >= 0.3 is 0 Å². The topological polar surface area (TPSA) is 0 Å². The SMILES string of the molecule is CCCCC1=C/C/C=C(/C)C/C=C\1CCCC. The Balaban J connectivity index is 2.74. The molecule has 0 saturated carbocycles. The highest BCUT2D eigenvalue weighted by Crippen LogP contribution is 2.26. The molecule has 0 aromatic heterocycles. The Morgan fingerprint density at radius 2 is 1.47 bits per heavy atom. The Morgan fingerprint density at radius 1 is 0.882 bits per heavy atom. The van der Waals surface area contributed by atoms with Gasteiger partial charge in [0.1, 0.15) is 0 Å². The maximum Gasteiger partial charge on any atom is -0.0136 e. The second-order valence-corrected chi connectivity index (χ2v) is 5.16. The predicted molar refractivity (Wildman–Crippen MR) is 78.2 cm³/mol. The summed E-state index contributed by atoms with van der Waals surface area (Å²) in [4.78, 5) is 0. The highest BCUT2D eigenvalue weighted by molar-refractivity contribution is 5.34. The van der Waals surface area contributed by atoms with E-state index in [2.05, 4.69) is 39.0 Å². The van der Waals surface area contributed by atoms with E-state index in [4.69, 9.17) is 0 Å². The molecule has 0 saturated heterocycles. The molecular formula is C17H28. The Morgan fingerprint density at radius 3 is 2.06 bits per heavy atom. The summed E-state index contributed by atoms with van der Waals surface area (Å²) in [5.74, 6) is 0. The van der Waals surface area contributed by atoms with Crippen molar-refractivity contribution in [3.8, 4) is 0 Å². The van der Waals surface area contributed by atoms with Gasteiger partial charge in [0, 0.05) is 0 Å². The summed E-state index contributed by atoms with van der Waals surface area (Å²) in [6.07, 6.45) is 17.4. The number of rotatable bonds is 6. The van der Waals surface area contributed by atoms with E-state index < -0.39 is 0 Å². The molecule has 0 atom stereocenters. The van der Waals surface area contributed by atoms with Crippen LogP contribution in [0.15, 0.2) is 34.9 Å². The molecule has 0 aromatic rings. The lowest BCUT2D eigenvalue weighted by Crippen LogP contribution is -1.95. The normalized spacial score (nSPS) is 25.9. The number of hydrogen-bond acceptors (Lipinski definition) is 0. The second-order valence-electron chi connectivity index (χ2n) is 5.16. The van der Waals surface area contributed by atoms with Crippen LogP contribution in [0.5, 0.6) is 0 Å². The van der Waals surface area contributed by atoms with Gasteiger partial charge in [-0.05, 0) is 56.6 Å². The third-order valence-electron chi connectivity index (χ3n) is 3.51. The van der Waals surface area contributed by atoms with E-state index in [-0.39, 0.29) is 0 Å². The standard InChI is InChI=1S/C17H28/c1-4-6-10-16-12-8-9-15(3)13-14-17(16)11-7-5-2/h9,12,14H,4-8,10-11,13H2,1-3H3/b15-9-,16-12-,17-14-. The van der Waals surface area contributed by atoms with Crippen molar-refractivity contribution >= 4 is 0 Å². The molecular weight excluding hydrogens is 204 g/mol. The van der Waals surface area contributed by atoms with E-state index >= 15 is 0 Å². The molecule has 1 aliphatic carbocycles. The number of unbranched alkanes of at least 4 members (excludes halogenated alkanes) is 2. The molecule has 0 spiro atoms.